The van der Waals surface area contributed by atoms with E-state index >= 15 is 0 Å². The van der Waals surface area contributed by atoms with Gasteiger partial charge in [0.15, 0.2) is 5.78 Å². The molecule has 0 spiro atoms. The van der Waals surface area contributed by atoms with Crippen molar-refractivity contribution in [3.05, 3.63) is 40.4 Å². The number of hydrogen-bond acceptors (Lipinski definition) is 4. The lowest BCUT2D eigenvalue weighted by Gasteiger charge is -2.05. The molecular weight excluding hydrogens is 284 g/mol. The van der Waals surface area contributed by atoms with Gasteiger partial charge in [0.05, 0.1) is 6.42 Å². The van der Waals surface area contributed by atoms with Crippen LogP contribution < -0.4 is 5.73 Å². The van der Waals surface area contributed by atoms with Crippen molar-refractivity contribution in [3.63, 3.8) is 0 Å². The summed E-state index contributed by atoms with van der Waals surface area (Å²) in [6.07, 6.45) is 1.62. The van der Waals surface area contributed by atoms with Gasteiger partial charge in [-0.05, 0) is 18.2 Å². The first kappa shape index (κ1) is 11.8. The smallest absolute Gasteiger partial charge is 0.172 e. The highest BCUT2D eigenvalue weighted by atomic mass is 79.9. The van der Waals surface area contributed by atoms with Gasteiger partial charge in [0.25, 0.3) is 0 Å². The number of rotatable bonds is 3. The fraction of sp³-hybridized carbons (Fsp3) is 0.182. The molecule has 0 amide bonds. The highest BCUT2D eigenvalue weighted by molar-refractivity contribution is 9.10. The van der Waals surface area contributed by atoms with E-state index in [0.717, 1.165) is 4.47 Å². The monoisotopic (exact) mass is 294 g/mol. The van der Waals surface area contributed by atoms with Crippen LogP contribution in [0.15, 0.2) is 29.0 Å². The number of Topliss-reactive ketones (excluding diaryl/α,β-unsaturated/α-hetero) is 1. The topological polar surface area (TPSA) is 73.8 Å². The van der Waals surface area contributed by atoms with Crippen molar-refractivity contribution < 1.29 is 4.79 Å². The summed E-state index contributed by atoms with van der Waals surface area (Å²) in [5.74, 6) is 0.559. The molecular formula is C11H11BrN4O. The summed E-state index contributed by atoms with van der Waals surface area (Å²) in [6.45, 7) is 0. The number of nitrogens with zero attached hydrogens (tertiary/aromatic N) is 3. The van der Waals surface area contributed by atoms with E-state index in [0.29, 0.717) is 17.1 Å². The van der Waals surface area contributed by atoms with Crippen molar-refractivity contribution in [2.45, 2.75) is 6.42 Å². The number of benzene rings is 1. The fourth-order valence-corrected chi connectivity index (χ4v) is 1.89. The highest BCUT2D eigenvalue weighted by Gasteiger charge is 2.13. The van der Waals surface area contributed by atoms with Gasteiger partial charge >= 0.3 is 0 Å². The first-order valence-electron chi connectivity index (χ1n) is 4.99. The van der Waals surface area contributed by atoms with Crippen molar-refractivity contribution in [2.75, 3.05) is 5.73 Å². The summed E-state index contributed by atoms with van der Waals surface area (Å²) in [7, 11) is 1.75. The molecule has 0 fully saturated rings. The molecule has 0 unspecified atom stereocenters. The van der Waals surface area contributed by atoms with E-state index in [9.17, 15) is 4.79 Å². The molecule has 0 radical (unpaired) electrons. The lowest BCUT2D eigenvalue weighted by molar-refractivity contribution is 0.0990. The van der Waals surface area contributed by atoms with Crippen LogP contribution in [0.4, 0.5) is 5.69 Å². The minimum absolute atomic E-state index is 0.0638. The Morgan fingerprint density at radius 2 is 2.29 bits per heavy atom. The minimum atomic E-state index is -0.0638. The molecule has 0 atom stereocenters. The Balaban J connectivity index is 2.23. The Bertz CT molecular complexity index is 564. The third-order valence-electron chi connectivity index (χ3n) is 2.44. The van der Waals surface area contributed by atoms with Crippen molar-refractivity contribution in [1.82, 2.24) is 14.8 Å². The Hall–Kier alpha value is -1.69. The number of nitrogens with two attached hydrogens (primary N) is 1. The number of ketones is 1. The molecule has 0 bridgehead atoms. The first-order valence-corrected chi connectivity index (χ1v) is 5.78. The quantitative estimate of drug-likeness (QED) is 0.689. The summed E-state index contributed by atoms with van der Waals surface area (Å²) in [5, 5.41) is 3.91. The van der Waals surface area contributed by atoms with Gasteiger partial charge in [0, 0.05) is 22.8 Å². The van der Waals surface area contributed by atoms with Crippen LogP contribution in [0.3, 0.4) is 0 Å². The average molecular weight is 295 g/mol. The molecule has 0 saturated carbocycles. The predicted octanol–water partition coefficient (Wildman–Crippen LogP) is 1.59. The fourth-order valence-electron chi connectivity index (χ4n) is 1.51. The molecule has 88 valence electrons. The number of aryl methyl sites for hydroxylation is 1. The Morgan fingerprint density at radius 1 is 1.53 bits per heavy atom. The van der Waals surface area contributed by atoms with Gasteiger partial charge in [-0.15, -0.1) is 0 Å². The molecule has 1 aromatic carbocycles. The Kier molecular flexibility index (Phi) is 3.23. The largest absolute Gasteiger partial charge is 0.398 e. The van der Waals surface area contributed by atoms with Crippen LogP contribution >= 0.6 is 15.9 Å². The summed E-state index contributed by atoms with van der Waals surface area (Å²) in [6, 6.07) is 5.21. The van der Waals surface area contributed by atoms with Gasteiger partial charge < -0.3 is 5.73 Å². The van der Waals surface area contributed by atoms with E-state index in [1.165, 1.54) is 6.33 Å². The highest BCUT2D eigenvalue weighted by Crippen LogP contribution is 2.19. The van der Waals surface area contributed by atoms with E-state index in [1.54, 1.807) is 29.9 Å². The number of aromatic nitrogens is 3. The second-order valence-electron chi connectivity index (χ2n) is 3.63. The molecule has 5 nitrogen and oxygen atoms in total. The number of halogens is 1. The average Bonchev–Trinajstić information content (AvgIpc) is 2.64. The molecule has 0 aliphatic rings. The van der Waals surface area contributed by atoms with Gasteiger partial charge in [-0.25, -0.2) is 4.98 Å². The van der Waals surface area contributed by atoms with E-state index in [4.69, 9.17) is 5.73 Å². The van der Waals surface area contributed by atoms with Crippen molar-refractivity contribution >= 4 is 27.4 Å². The van der Waals surface area contributed by atoms with Gasteiger partial charge in [-0.2, -0.15) is 5.10 Å². The van der Waals surface area contributed by atoms with Crippen LogP contribution in [0.25, 0.3) is 0 Å². The van der Waals surface area contributed by atoms with Gasteiger partial charge in [0.1, 0.15) is 12.2 Å². The van der Waals surface area contributed by atoms with Gasteiger partial charge in [-0.3, -0.25) is 9.48 Å². The van der Waals surface area contributed by atoms with Crippen molar-refractivity contribution in [3.8, 4) is 0 Å². The number of carbonyl (C=O) groups excluding carboxylic acids is 1. The zero-order chi connectivity index (χ0) is 12.4. The maximum Gasteiger partial charge on any atom is 0.172 e. The summed E-state index contributed by atoms with van der Waals surface area (Å²) >= 11 is 3.30. The third-order valence-corrected chi connectivity index (χ3v) is 2.93. The number of nitrogen functional groups attached to an aromatic ring is 1. The predicted molar refractivity (Wildman–Crippen MR) is 67.6 cm³/mol. The molecule has 2 rings (SSSR count). The van der Waals surface area contributed by atoms with Crippen LogP contribution in [0.1, 0.15) is 16.2 Å². The molecule has 6 heteroatoms. The number of anilines is 1. The lowest BCUT2D eigenvalue weighted by atomic mass is 10.1. The summed E-state index contributed by atoms with van der Waals surface area (Å²) < 4.78 is 2.43. The van der Waals surface area contributed by atoms with Crippen LogP contribution in [-0.4, -0.2) is 20.5 Å². The van der Waals surface area contributed by atoms with Crippen LogP contribution in [0.5, 0.6) is 0 Å². The van der Waals surface area contributed by atoms with Crippen LogP contribution in [-0.2, 0) is 13.5 Å². The zero-order valence-electron chi connectivity index (χ0n) is 9.22. The summed E-state index contributed by atoms with van der Waals surface area (Å²) in [4.78, 5) is 16.0. The minimum Gasteiger partial charge on any atom is -0.398 e. The van der Waals surface area contributed by atoms with E-state index in [-0.39, 0.29) is 12.2 Å². The Morgan fingerprint density at radius 3 is 2.88 bits per heavy atom. The lowest BCUT2D eigenvalue weighted by Crippen LogP contribution is -2.11. The molecule has 1 heterocycles. The number of carbonyl (C=O) groups is 1. The molecule has 2 aromatic rings. The SMILES string of the molecule is Cn1ncnc1CC(=O)c1ccc(Br)cc1N. The van der Waals surface area contributed by atoms with Gasteiger partial charge in [-0.1, -0.05) is 15.9 Å². The third kappa shape index (κ3) is 2.52. The van der Waals surface area contributed by atoms with Crippen LogP contribution in [0.2, 0.25) is 0 Å². The van der Waals surface area contributed by atoms with Crippen molar-refractivity contribution in [2.24, 2.45) is 7.05 Å². The summed E-state index contributed by atoms with van der Waals surface area (Å²) in [5.41, 5.74) is 6.77. The van der Waals surface area contributed by atoms with Crippen LogP contribution in [0, 0.1) is 0 Å². The number of hydrogen-bond donors (Lipinski definition) is 1. The first-order chi connectivity index (χ1) is 8.08. The maximum absolute atomic E-state index is 12.0. The maximum atomic E-state index is 12.0. The molecule has 17 heavy (non-hydrogen) atoms. The second kappa shape index (κ2) is 4.67. The zero-order valence-corrected chi connectivity index (χ0v) is 10.8. The Labute approximate surface area is 107 Å². The standard InChI is InChI=1S/C11H11BrN4O/c1-16-11(14-6-15-16)5-10(17)8-3-2-7(12)4-9(8)13/h2-4,6H,5,13H2,1H3. The molecule has 0 saturated heterocycles. The van der Waals surface area contributed by atoms with Crippen molar-refractivity contribution in [1.29, 1.82) is 0 Å². The normalized spacial score (nSPS) is 10.5. The van der Waals surface area contributed by atoms with E-state index < -0.39 is 0 Å². The molecule has 2 N–H and O–H groups in total. The molecule has 0 aliphatic heterocycles. The van der Waals surface area contributed by atoms with E-state index in [2.05, 4.69) is 26.0 Å². The second-order valence-corrected chi connectivity index (χ2v) is 4.55. The van der Waals surface area contributed by atoms with Gasteiger partial charge in [0.2, 0.25) is 0 Å². The molecule has 0 aliphatic carbocycles. The molecule has 1 aromatic heterocycles. The van der Waals surface area contributed by atoms with E-state index in [1.807, 2.05) is 0 Å².